The molecule has 1 aliphatic heterocycles. The Labute approximate surface area is 146 Å². The minimum absolute atomic E-state index is 0.0485. The highest BCUT2D eigenvalue weighted by Crippen LogP contribution is 2.39. The van der Waals surface area contributed by atoms with Crippen LogP contribution in [0.1, 0.15) is 45.6 Å². The smallest absolute Gasteiger partial charge is 0.410 e. The first-order valence-corrected chi connectivity index (χ1v) is 8.42. The molecule has 0 spiro atoms. The van der Waals surface area contributed by atoms with Crippen LogP contribution in [0, 0.1) is 5.82 Å². The largest absolute Gasteiger partial charge is 0.444 e. The zero-order valence-corrected chi connectivity index (χ0v) is 15.0. The van der Waals surface area contributed by atoms with Crippen LogP contribution in [-0.2, 0) is 14.9 Å². The first kappa shape index (κ1) is 18.7. The second-order valence-corrected chi connectivity index (χ2v) is 7.65. The van der Waals surface area contributed by atoms with Crippen LogP contribution in [-0.4, -0.2) is 36.0 Å². The summed E-state index contributed by atoms with van der Waals surface area (Å²) in [7, 11) is 0. The Morgan fingerprint density at radius 3 is 2.50 bits per heavy atom. The zero-order chi connectivity index (χ0) is 18.0. The number of ether oxygens (including phenoxy) is 1. The molecule has 1 aromatic carbocycles. The van der Waals surface area contributed by atoms with Gasteiger partial charge in [-0.25, -0.2) is 9.18 Å². The van der Waals surface area contributed by atoms with Crippen LogP contribution in [0.25, 0.3) is 0 Å². The summed E-state index contributed by atoms with van der Waals surface area (Å²) in [4.78, 5) is 25.0. The van der Waals surface area contributed by atoms with Gasteiger partial charge in [-0.3, -0.25) is 0 Å². The maximum Gasteiger partial charge on any atom is 0.410 e. The van der Waals surface area contributed by atoms with E-state index in [0.717, 1.165) is 11.8 Å². The lowest BCUT2D eigenvalue weighted by atomic mass is 9.71. The van der Waals surface area contributed by atoms with E-state index in [1.54, 1.807) is 17.0 Å². The van der Waals surface area contributed by atoms with Gasteiger partial charge in [0.05, 0.1) is 5.02 Å². The van der Waals surface area contributed by atoms with E-state index in [0.29, 0.717) is 32.4 Å². The number of piperidine rings is 1. The second kappa shape index (κ2) is 7.09. The van der Waals surface area contributed by atoms with Crippen LogP contribution in [0.3, 0.4) is 0 Å². The van der Waals surface area contributed by atoms with Crippen molar-refractivity contribution in [2.45, 2.75) is 51.0 Å². The van der Waals surface area contributed by atoms with Gasteiger partial charge in [-0.1, -0.05) is 17.7 Å². The van der Waals surface area contributed by atoms with Crippen LogP contribution >= 0.6 is 11.6 Å². The molecule has 1 heterocycles. The average Bonchev–Trinajstić information content (AvgIpc) is 2.49. The van der Waals surface area contributed by atoms with Gasteiger partial charge in [-0.05, 0) is 51.3 Å². The Hall–Kier alpha value is -1.62. The predicted molar refractivity (Wildman–Crippen MR) is 90.8 cm³/mol. The summed E-state index contributed by atoms with van der Waals surface area (Å²) in [6.07, 6.45) is 2.05. The molecule has 0 atom stereocenters. The van der Waals surface area contributed by atoms with E-state index in [4.69, 9.17) is 16.3 Å². The number of carbonyl (C=O) groups excluding carboxylic acids is 2. The van der Waals surface area contributed by atoms with Gasteiger partial charge in [0.2, 0.25) is 0 Å². The Morgan fingerprint density at radius 2 is 2.00 bits per heavy atom. The lowest BCUT2D eigenvalue weighted by Crippen LogP contribution is -2.47. The molecule has 0 radical (unpaired) electrons. The molecule has 0 aliphatic carbocycles. The molecule has 0 N–H and O–H groups in total. The van der Waals surface area contributed by atoms with Crippen molar-refractivity contribution in [2.75, 3.05) is 13.1 Å². The van der Waals surface area contributed by atoms with E-state index < -0.39 is 16.8 Å². The molecular weight excluding hydrogens is 333 g/mol. The number of aldehydes is 1. The van der Waals surface area contributed by atoms with E-state index in [9.17, 15) is 14.0 Å². The fourth-order valence-electron chi connectivity index (χ4n) is 3.04. The van der Waals surface area contributed by atoms with Gasteiger partial charge in [0.15, 0.2) is 0 Å². The Morgan fingerprint density at radius 1 is 1.38 bits per heavy atom. The van der Waals surface area contributed by atoms with Gasteiger partial charge < -0.3 is 14.4 Å². The number of benzene rings is 1. The molecule has 24 heavy (non-hydrogen) atoms. The van der Waals surface area contributed by atoms with Crippen molar-refractivity contribution >= 4 is 24.0 Å². The molecule has 0 aromatic heterocycles. The van der Waals surface area contributed by atoms with E-state index >= 15 is 0 Å². The van der Waals surface area contributed by atoms with Crippen LogP contribution in [0.5, 0.6) is 0 Å². The summed E-state index contributed by atoms with van der Waals surface area (Å²) >= 11 is 5.90. The molecule has 6 heteroatoms. The SMILES string of the molecule is CC(C)(C)OC(=O)N1CCC(CC=O)(c2ccc(F)c(Cl)c2)CC1. The van der Waals surface area contributed by atoms with Crippen molar-refractivity contribution < 1.29 is 18.7 Å². The topological polar surface area (TPSA) is 46.6 Å². The van der Waals surface area contributed by atoms with Crippen molar-refractivity contribution in [2.24, 2.45) is 0 Å². The van der Waals surface area contributed by atoms with E-state index in [1.165, 1.54) is 6.07 Å². The van der Waals surface area contributed by atoms with Gasteiger partial charge in [0.25, 0.3) is 0 Å². The highest BCUT2D eigenvalue weighted by molar-refractivity contribution is 6.30. The van der Waals surface area contributed by atoms with Gasteiger partial charge in [0.1, 0.15) is 17.7 Å². The van der Waals surface area contributed by atoms with Crippen LogP contribution < -0.4 is 0 Å². The van der Waals surface area contributed by atoms with Crippen molar-refractivity contribution in [1.82, 2.24) is 4.90 Å². The number of halogens is 2. The molecule has 0 unspecified atom stereocenters. The molecule has 1 saturated heterocycles. The lowest BCUT2D eigenvalue weighted by Gasteiger charge is -2.41. The molecule has 1 aliphatic rings. The maximum atomic E-state index is 13.4. The number of hydrogen-bond acceptors (Lipinski definition) is 3. The van der Waals surface area contributed by atoms with E-state index in [-0.39, 0.29) is 11.1 Å². The third-order valence-electron chi connectivity index (χ3n) is 4.38. The predicted octanol–water partition coefficient (Wildman–Crippen LogP) is 4.34. The van der Waals surface area contributed by atoms with Crippen LogP contribution in [0.2, 0.25) is 5.02 Å². The van der Waals surface area contributed by atoms with Crippen LogP contribution in [0.15, 0.2) is 18.2 Å². The molecule has 4 nitrogen and oxygen atoms in total. The van der Waals surface area contributed by atoms with Gasteiger partial charge in [-0.15, -0.1) is 0 Å². The quantitative estimate of drug-likeness (QED) is 0.758. The first-order chi connectivity index (χ1) is 11.2. The van der Waals surface area contributed by atoms with Crippen LogP contribution in [0.4, 0.5) is 9.18 Å². The summed E-state index contributed by atoms with van der Waals surface area (Å²) < 4.78 is 18.8. The number of amides is 1. The summed E-state index contributed by atoms with van der Waals surface area (Å²) in [6, 6.07) is 4.59. The number of likely N-dealkylation sites (tertiary alicyclic amines) is 1. The minimum Gasteiger partial charge on any atom is -0.444 e. The third kappa shape index (κ3) is 4.26. The summed E-state index contributed by atoms with van der Waals surface area (Å²) in [5.74, 6) is -0.479. The molecule has 0 bridgehead atoms. The molecule has 2 rings (SSSR count). The number of carbonyl (C=O) groups is 2. The monoisotopic (exact) mass is 355 g/mol. The lowest BCUT2D eigenvalue weighted by molar-refractivity contribution is -0.109. The highest BCUT2D eigenvalue weighted by Gasteiger charge is 2.38. The fraction of sp³-hybridized carbons (Fsp3) is 0.556. The minimum atomic E-state index is -0.543. The first-order valence-electron chi connectivity index (χ1n) is 8.04. The Balaban J connectivity index is 2.15. The molecule has 0 saturated carbocycles. The molecule has 132 valence electrons. The zero-order valence-electron chi connectivity index (χ0n) is 14.3. The molecule has 1 aromatic rings. The maximum absolute atomic E-state index is 13.4. The summed E-state index contributed by atoms with van der Waals surface area (Å²) in [6.45, 7) is 6.44. The normalized spacial score (nSPS) is 17.5. The fourth-order valence-corrected chi connectivity index (χ4v) is 3.22. The number of nitrogens with zero attached hydrogens (tertiary/aromatic N) is 1. The summed E-state index contributed by atoms with van der Waals surface area (Å²) in [5, 5.41) is 0.0485. The Bertz CT molecular complexity index is 619. The standard InChI is InChI=1S/C18H23ClFNO3/c1-17(2,3)24-16(23)21-9-6-18(7-10-21,8-11-22)13-4-5-15(20)14(19)12-13/h4-5,11-12H,6-10H2,1-3H3. The van der Waals surface area contributed by atoms with Crippen molar-refractivity contribution in [1.29, 1.82) is 0 Å². The van der Waals surface area contributed by atoms with Crippen molar-refractivity contribution in [3.8, 4) is 0 Å². The average molecular weight is 356 g/mol. The van der Waals surface area contributed by atoms with Crippen molar-refractivity contribution in [3.63, 3.8) is 0 Å². The van der Waals surface area contributed by atoms with Gasteiger partial charge in [-0.2, -0.15) is 0 Å². The summed E-state index contributed by atoms with van der Waals surface area (Å²) in [5.41, 5.74) is -0.124. The number of rotatable bonds is 3. The Kier molecular flexibility index (Phi) is 5.53. The van der Waals surface area contributed by atoms with Crippen molar-refractivity contribution in [3.05, 3.63) is 34.6 Å². The number of hydrogen-bond donors (Lipinski definition) is 0. The van der Waals surface area contributed by atoms with Gasteiger partial charge >= 0.3 is 6.09 Å². The molecular formula is C18H23ClFNO3. The van der Waals surface area contributed by atoms with E-state index in [1.807, 2.05) is 20.8 Å². The van der Waals surface area contributed by atoms with E-state index in [2.05, 4.69) is 0 Å². The second-order valence-electron chi connectivity index (χ2n) is 7.25. The molecule has 1 amide bonds. The highest BCUT2D eigenvalue weighted by atomic mass is 35.5. The van der Waals surface area contributed by atoms with Gasteiger partial charge in [0, 0.05) is 24.9 Å². The molecule has 1 fully saturated rings. The third-order valence-corrected chi connectivity index (χ3v) is 4.67.